The van der Waals surface area contributed by atoms with E-state index in [1.807, 2.05) is 4.72 Å². The lowest BCUT2D eigenvalue weighted by Gasteiger charge is -2.36. The predicted octanol–water partition coefficient (Wildman–Crippen LogP) is 4.18. The molecule has 1 saturated heterocycles. The van der Waals surface area contributed by atoms with E-state index in [2.05, 4.69) is 20.6 Å². The second-order valence-electron chi connectivity index (χ2n) is 17.3. The van der Waals surface area contributed by atoms with Crippen LogP contribution in [0.5, 0.6) is 11.6 Å². The van der Waals surface area contributed by atoms with Crippen LogP contribution >= 0.6 is 0 Å². The fourth-order valence-electron chi connectivity index (χ4n) is 7.99. The lowest BCUT2D eigenvalue weighted by atomic mass is 9.85. The number of carbonyl (C=O) groups excluding carboxylic acids is 4. The molecule has 0 spiro atoms. The van der Waals surface area contributed by atoms with Gasteiger partial charge in [-0.05, 0) is 62.0 Å². The highest BCUT2D eigenvalue weighted by Gasteiger charge is 2.67. The Bertz CT molecular complexity index is 2100. The minimum atomic E-state index is -4.21. The number of nitrogens with one attached hydrogen (secondary N) is 3. The van der Waals surface area contributed by atoms with Gasteiger partial charge in [-0.25, -0.2) is 32.0 Å². The summed E-state index contributed by atoms with van der Waals surface area (Å²) in [6, 6.07) is 1.56. The highest BCUT2D eigenvalue weighted by atomic mass is 32.2. The van der Waals surface area contributed by atoms with Crippen LogP contribution in [-0.4, -0.2) is 102 Å². The van der Waals surface area contributed by atoms with Crippen LogP contribution in [0.2, 0.25) is 0 Å². The first-order chi connectivity index (χ1) is 27.1. The van der Waals surface area contributed by atoms with Gasteiger partial charge in [0.25, 0.3) is 11.8 Å². The fourth-order valence-corrected chi connectivity index (χ4v) is 9.36. The van der Waals surface area contributed by atoms with Gasteiger partial charge in [-0.15, -0.1) is 0 Å². The molecule has 1 aromatic heterocycles. The molecule has 2 aromatic rings. The van der Waals surface area contributed by atoms with Crippen LogP contribution in [0.4, 0.5) is 22.4 Å². The van der Waals surface area contributed by atoms with Crippen molar-refractivity contribution in [2.75, 3.05) is 13.7 Å². The first-order valence-electron chi connectivity index (χ1n) is 19.5. The van der Waals surface area contributed by atoms with Crippen molar-refractivity contribution in [3.8, 4) is 11.6 Å². The van der Waals surface area contributed by atoms with E-state index in [1.165, 1.54) is 26.2 Å². The lowest BCUT2D eigenvalue weighted by molar-refractivity contribution is -0.143. The number of alkyl halides is 4. The SMILES string of the molecule is COc1ccc2nc3c(nc2c1)O[C@H]1CN(C(=O)[C@H](C(C)(C)C)NC(=O)O[C@@H]2CC2CCCCC3(F)F)[C@H](C(=O)N[C@]2(C(=O)NS(=O)(=O)C3CC3)C[C@H]2C(F)F)[C@@H]1C. The van der Waals surface area contributed by atoms with Gasteiger partial charge in [0.05, 0.1) is 35.9 Å². The largest absolute Gasteiger partial charge is 0.497 e. The van der Waals surface area contributed by atoms with Crippen molar-refractivity contribution in [2.24, 2.45) is 23.2 Å². The Morgan fingerprint density at radius 2 is 1.78 bits per heavy atom. The Labute approximate surface area is 332 Å². The highest BCUT2D eigenvalue weighted by Crippen LogP contribution is 2.49. The molecule has 15 nitrogen and oxygen atoms in total. The Balaban J connectivity index is 1.28. The zero-order valence-electron chi connectivity index (χ0n) is 32.7. The van der Waals surface area contributed by atoms with Gasteiger partial charge in [0, 0.05) is 18.4 Å². The maximum Gasteiger partial charge on any atom is 0.408 e. The topological polar surface area (TPSA) is 195 Å². The molecule has 5 aliphatic rings. The van der Waals surface area contributed by atoms with Gasteiger partial charge in [0.1, 0.15) is 35.6 Å². The summed E-state index contributed by atoms with van der Waals surface area (Å²) in [5.74, 6) is -9.90. The number of hydrogen-bond donors (Lipinski definition) is 3. The van der Waals surface area contributed by atoms with E-state index in [0.717, 1.165) is 4.90 Å². The van der Waals surface area contributed by atoms with Gasteiger partial charge < -0.3 is 29.7 Å². The van der Waals surface area contributed by atoms with E-state index in [0.29, 0.717) is 25.0 Å². The quantitative estimate of drug-likeness (QED) is 0.339. The van der Waals surface area contributed by atoms with Crippen LogP contribution in [0.3, 0.4) is 0 Å². The molecule has 318 valence electrons. The van der Waals surface area contributed by atoms with Crippen LogP contribution in [0.1, 0.15) is 84.8 Å². The summed E-state index contributed by atoms with van der Waals surface area (Å²) < 4.78 is 105. The molecular formula is C38H48F4N6O9S. The number of alkyl carbamates (subject to hydrolysis) is 1. The van der Waals surface area contributed by atoms with Crippen molar-refractivity contribution in [3.05, 3.63) is 23.9 Å². The van der Waals surface area contributed by atoms with E-state index in [4.69, 9.17) is 14.2 Å². The number of sulfonamides is 1. The van der Waals surface area contributed by atoms with Crippen molar-refractivity contribution in [2.45, 2.75) is 126 Å². The third kappa shape index (κ3) is 8.21. The number of methoxy groups -OCH3 is 1. The van der Waals surface area contributed by atoms with Gasteiger partial charge in [0.2, 0.25) is 34.1 Å². The predicted molar refractivity (Wildman–Crippen MR) is 197 cm³/mol. The van der Waals surface area contributed by atoms with Gasteiger partial charge in [-0.1, -0.05) is 34.1 Å². The number of carbonyl (C=O) groups is 4. The molecule has 1 unspecified atom stereocenters. The Kier molecular flexibility index (Phi) is 10.7. The highest BCUT2D eigenvalue weighted by molar-refractivity contribution is 7.91. The van der Waals surface area contributed by atoms with Crippen LogP contribution in [0.25, 0.3) is 11.0 Å². The average Bonchev–Trinajstić information content (AvgIpc) is 4.04. The molecule has 7 rings (SSSR count). The monoisotopic (exact) mass is 840 g/mol. The Hall–Kier alpha value is -4.49. The van der Waals surface area contributed by atoms with Gasteiger partial charge in [0.15, 0.2) is 5.69 Å². The molecular weight excluding hydrogens is 793 g/mol. The minimum Gasteiger partial charge on any atom is -0.497 e. The number of fused-ring (bicyclic) bond motifs is 5. The maximum absolute atomic E-state index is 16.2. The molecule has 4 amide bonds. The summed E-state index contributed by atoms with van der Waals surface area (Å²) in [4.78, 5) is 65.6. The second kappa shape index (κ2) is 15.0. The van der Waals surface area contributed by atoms with E-state index in [-0.39, 0.29) is 36.2 Å². The standard InChI is InChI=1S/C38H48F4N6O9S/c1-18-26-17-48(27(18)31(49)46-37(16-22(37)30(39)40)34(51)47-58(53,54)21-10-11-21)33(50)29(36(2,3)4)45-35(52)57-25-14-19(25)8-6-7-13-38(41,42)28-32(56-26)44-24-15-20(55-5)9-12-23(24)43-28/h9,12,15,18-19,21-22,25-27,29-30H,6-8,10-11,13-14,16-17H2,1-5H3,(H,45,52)(H,46,49)(H,47,51)/t18-,19?,22+,25-,26+,27+,29-,37-/m1/s1. The molecule has 3 N–H and O–H groups in total. The molecule has 3 aliphatic carbocycles. The molecule has 0 radical (unpaired) electrons. The molecule has 58 heavy (non-hydrogen) atoms. The molecule has 1 aromatic carbocycles. The summed E-state index contributed by atoms with van der Waals surface area (Å²) in [7, 11) is -2.79. The number of ether oxygens (including phenoxy) is 3. The first kappa shape index (κ1) is 41.7. The van der Waals surface area contributed by atoms with Gasteiger partial charge in [-0.3, -0.25) is 19.1 Å². The van der Waals surface area contributed by atoms with E-state index in [1.54, 1.807) is 26.8 Å². The van der Waals surface area contributed by atoms with Crippen molar-refractivity contribution in [1.29, 1.82) is 0 Å². The van der Waals surface area contributed by atoms with Gasteiger partial charge >= 0.3 is 6.09 Å². The Morgan fingerprint density at radius 1 is 1.05 bits per heavy atom. The summed E-state index contributed by atoms with van der Waals surface area (Å²) in [5, 5.41) is 4.12. The van der Waals surface area contributed by atoms with Crippen molar-refractivity contribution < 1.29 is 59.4 Å². The molecule has 3 saturated carbocycles. The molecule has 20 heteroatoms. The summed E-state index contributed by atoms with van der Waals surface area (Å²) in [6.45, 7) is 6.02. The fraction of sp³-hybridized carbons (Fsp3) is 0.684. The normalized spacial score (nSPS) is 31.4. The molecule has 2 aliphatic heterocycles. The van der Waals surface area contributed by atoms with E-state index < -0.39 is 129 Å². The van der Waals surface area contributed by atoms with Crippen molar-refractivity contribution >= 4 is 44.9 Å². The first-order valence-corrected chi connectivity index (χ1v) is 21.0. The third-order valence-electron chi connectivity index (χ3n) is 11.9. The number of aromatic nitrogens is 2. The summed E-state index contributed by atoms with van der Waals surface area (Å²) in [6.07, 6.45) is -4.89. The number of nitrogens with zero attached hydrogens (tertiary/aromatic N) is 3. The van der Waals surface area contributed by atoms with Crippen LogP contribution < -0.4 is 24.8 Å². The maximum atomic E-state index is 16.2. The third-order valence-corrected chi connectivity index (χ3v) is 13.7. The molecule has 3 heterocycles. The van der Waals surface area contributed by atoms with Crippen molar-refractivity contribution in [3.63, 3.8) is 0 Å². The van der Waals surface area contributed by atoms with Crippen molar-refractivity contribution in [1.82, 2.24) is 30.2 Å². The number of rotatable bonds is 7. The number of halogens is 4. The summed E-state index contributed by atoms with van der Waals surface area (Å²) in [5.41, 5.74) is -3.82. The smallest absolute Gasteiger partial charge is 0.408 e. The van der Waals surface area contributed by atoms with Crippen LogP contribution in [-0.2, 0) is 35.1 Å². The lowest BCUT2D eigenvalue weighted by Crippen LogP contribution is -2.61. The summed E-state index contributed by atoms with van der Waals surface area (Å²) >= 11 is 0. The average molecular weight is 841 g/mol. The number of amides is 4. The zero-order chi connectivity index (χ0) is 42.1. The number of hydrogen-bond acceptors (Lipinski definition) is 11. The van der Waals surface area contributed by atoms with Crippen LogP contribution in [0.15, 0.2) is 18.2 Å². The minimum absolute atomic E-state index is 0.0621. The van der Waals surface area contributed by atoms with Crippen LogP contribution in [0, 0.1) is 23.2 Å². The molecule has 8 atom stereocenters. The van der Waals surface area contributed by atoms with E-state index >= 15 is 8.78 Å². The van der Waals surface area contributed by atoms with Gasteiger partial charge in [-0.2, -0.15) is 8.78 Å². The molecule has 2 bridgehead atoms. The second-order valence-corrected chi connectivity index (χ2v) is 19.3. The molecule has 4 fully saturated rings. The zero-order valence-corrected chi connectivity index (χ0v) is 33.5. The number of benzene rings is 1. The van der Waals surface area contributed by atoms with E-state index in [9.17, 15) is 36.4 Å². The Morgan fingerprint density at radius 3 is 2.41 bits per heavy atom.